The van der Waals surface area contributed by atoms with E-state index in [1.54, 1.807) is 48.7 Å². The van der Waals surface area contributed by atoms with Gasteiger partial charge in [0.2, 0.25) is 5.91 Å². The van der Waals surface area contributed by atoms with Crippen LogP contribution in [0.3, 0.4) is 0 Å². The molecule has 1 aromatic carbocycles. The highest BCUT2D eigenvalue weighted by Crippen LogP contribution is 2.23. The maximum Gasteiger partial charge on any atom is 0.253 e. The molecule has 2 amide bonds. The molecule has 0 bridgehead atoms. The zero-order chi connectivity index (χ0) is 18.4. The van der Waals surface area contributed by atoms with Gasteiger partial charge in [0.05, 0.1) is 6.26 Å². The number of anilines is 1. The summed E-state index contributed by atoms with van der Waals surface area (Å²) >= 11 is 0. The van der Waals surface area contributed by atoms with Crippen LogP contribution in [0.2, 0.25) is 0 Å². The number of amides is 2. The molecule has 1 aliphatic carbocycles. The van der Waals surface area contributed by atoms with Crippen LogP contribution in [0.25, 0.3) is 6.08 Å². The zero-order valence-electron chi connectivity index (χ0n) is 15.0. The maximum absolute atomic E-state index is 12.7. The Labute approximate surface area is 153 Å². The van der Waals surface area contributed by atoms with Gasteiger partial charge in [0, 0.05) is 30.4 Å². The SMILES string of the molecule is CN(C(=O)c1cccc(NC(=O)C=Cc2ccco2)c1)C1CCCCC1. The standard InChI is InChI=1S/C21H24N2O3/c1-23(18-9-3-2-4-10-18)21(25)16-7-5-8-17(15-16)22-20(24)13-12-19-11-6-14-26-19/h5-8,11-15,18H,2-4,9-10H2,1H3,(H,22,24). The summed E-state index contributed by atoms with van der Waals surface area (Å²) in [5.74, 6) is 0.337. The summed E-state index contributed by atoms with van der Waals surface area (Å²) in [6.45, 7) is 0. The summed E-state index contributed by atoms with van der Waals surface area (Å²) in [4.78, 5) is 26.6. The largest absolute Gasteiger partial charge is 0.465 e. The second-order valence-corrected chi connectivity index (χ2v) is 6.63. The van der Waals surface area contributed by atoms with Gasteiger partial charge in [0.1, 0.15) is 5.76 Å². The Morgan fingerprint density at radius 1 is 1.15 bits per heavy atom. The molecule has 1 aliphatic rings. The van der Waals surface area contributed by atoms with E-state index in [0.29, 0.717) is 23.1 Å². The van der Waals surface area contributed by atoms with Crippen LogP contribution in [0, 0.1) is 0 Å². The predicted molar refractivity (Wildman–Crippen MR) is 102 cm³/mol. The number of hydrogen-bond acceptors (Lipinski definition) is 3. The highest BCUT2D eigenvalue weighted by Gasteiger charge is 2.23. The minimum atomic E-state index is -0.272. The van der Waals surface area contributed by atoms with Crippen molar-refractivity contribution in [3.05, 3.63) is 60.1 Å². The maximum atomic E-state index is 12.7. The van der Waals surface area contributed by atoms with Crippen LogP contribution in [0.1, 0.15) is 48.2 Å². The Hall–Kier alpha value is -2.82. The van der Waals surface area contributed by atoms with Gasteiger partial charge in [-0.25, -0.2) is 0 Å². The number of hydrogen-bond donors (Lipinski definition) is 1. The van der Waals surface area contributed by atoms with Crippen LogP contribution in [-0.4, -0.2) is 29.8 Å². The normalized spacial score (nSPS) is 15.1. The molecule has 5 heteroatoms. The number of carbonyl (C=O) groups excluding carboxylic acids is 2. The fourth-order valence-electron chi connectivity index (χ4n) is 3.30. The number of nitrogens with one attached hydrogen (secondary N) is 1. The van der Waals surface area contributed by atoms with Crippen molar-refractivity contribution in [3.8, 4) is 0 Å². The first-order valence-electron chi connectivity index (χ1n) is 9.03. The van der Waals surface area contributed by atoms with E-state index < -0.39 is 0 Å². The highest BCUT2D eigenvalue weighted by atomic mass is 16.3. The summed E-state index contributed by atoms with van der Waals surface area (Å²) < 4.78 is 5.15. The molecule has 1 N–H and O–H groups in total. The summed E-state index contributed by atoms with van der Waals surface area (Å²) in [7, 11) is 1.87. The first kappa shape index (κ1) is 18.0. The van der Waals surface area contributed by atoms with E-state index in [0.717, 1.165) is 12.8 Å². The molecule has 0 unspecified atom stereocenters. The second kappa shape index (κ2) is 8.52. The van der Waals surface area contributed by atoms with Gasteiger partial charge < -0.3 is 14.6 Å². The van der Waals surface area contributed by atoms with Gasteiger partial charge >= 0.3 is 0 Å². The molecule has 0 spiro atoms. The fourth-order valence-corrected chi connectivity index (χ4v) is 3.30. The molecule has 26 heavy (non-hydrogen) atoms. The van der Waals surface area contributed by atoms with Crippen LogP contribution in [0.4, 0.5) is 5.69 Å². The average Bonchev–Trinajstić information content (AvgIpc) is 3.20. The monoisotopic (exact) mass is 352 g/mol. The minimum absolute atomic E-state index is 0.000809. The van der Waals surface area contributed by atoms with E-state index in [4.69, 9.17) is 4.42 Å². The molecule has 5 nitrogen and oxygen atoms in total. The molecule has 136 valence electrons. The van der Waals surface area contributed by atoms with Crippen molar-refractivity contribution in [1.82, 2.24) is 4.90 Å². The first-order valence-corrected chi connectivity index (χ1v) is 9.03. The van der Waals surface area contributed by atoms with Crippen molar-refractivity contribution >= 4 is 23.6 Å². The topological polar surface area (TPSA) is 62.6 Å². The minimum Gasteiger partial charge on any atom is -0.465 e. The quantitative estimate of drug-likeness (QED) is 0.815. The van der Waals surface area contributed by atoms with Gasteiger partial charge in [-0.3, -0.25) is 9.59 Å². The number of rotatable bonds is 5. The van der Waals surface area contributed by atoms with Gasteiger partial charge in [-0.15, -0.1) is 0 Å². The lowest BCUT2D eigenvalue weighted by Gasteiger charge is -2.31. The molecule has 0 radical (unpaired) electrons. The third-order valence-electron chi connectivity index (χ3n) is 4.76. The highest BCUT2D eigenvalue weighted by molar-refractivity contribution is 6.03. The van der Waals surface area contributed by atoms with Crippen LogP contribution < -0.4 is 5.32 Å². The van der Waals surface area contributed by atoms with Crippen molar-refractivity contribution in [2.75, 3.05) is 12.4 Å². The molecular weight excluding hydrogens is 328 g/mol. The van der Waals surface area contributed by atoms with Gasteiger partial charge in [0.15, 0.2) is 0 Å². The van der Waals surface area contributed by atoms with Gasteiger partial charge in [-0.1, -0.05) is 25.3 Å². The molecular formula is C21H24N2O3. The van der Waals surface area contributed by atoms with Gasteiger partial charge in [0.25, 0.3) is 5.91 Å². The zero-order valence-corrected chi connectivity index (χ0v) is 15.0. The summed E-state index contributed by atoms with van der Waals surface area (Å²) in [6, 6.07) is 10.9. The summed E-state index contributed by atoms with van der Waals surface area (Å²) in [5.41, 5.74) is 1.19. The van der Waals surface area contributed by atoms with E-state index in [1.807, 2.05) is 11.9 Å². The molecule has 1 aromatic heterocycles. The molecule has 1 fully saturated rings. The lowest BCUT2D eigenvalue weighted by atomic mass is 9.94. The molecule has 0 atom stereocenters. The molecule has 3 rings (SSSR count). The van der Waals surface area contributed by atoms with E-state index in [1.165, 1.54) is 25.3 Å². The predicted octanol–water partition coefficient (Wildman–Crippen LogP) is 4.34. The van der Waals surface area contributed by atoms with Crippen molar-refractivity contribution in [2.45, 2.75) is 38.1 Å². The van der Waals surface area contributed by atoms with Crippen LogP contribution in [-0.2, 0) is 4.79 Å². The Morgan fingerprint density at radius 3 is 2.69 bits per heavy atom. The lowest BCUT2D eigenvalue weighted by molar-refractivity contribution is -0.111. The Kier molecular flexibility index (Phi) is 5.89. The average molecular weight is 352 g/mol. The van der Waals surface area contributed by atoms with Crippen LogP contribution in [0.15, 0.2) is 53.2 Å². The molecule has 0 aliphatic heterocycles. The van der Waals surface area contributed by atoms with E-state index in [-0.39, 0.29) is 11.8 Å². The van der Waals surface area contributed by atoms with Crippen LogP contribution >= 0.6 is 0 Å². The van der Waals surface area contributed by atoms with Crippen LogP contribution in [0.5, 0.6) is 0 Å². The van der Waals surface area contributed by atoms with Crippen molar-refractivity contribution in [3.63, 3.8) is 0 Å². The molecule has 1 saturated carbocycles. The van der Waals surface area contributed by atoms with E-state index in [9.17, 15) is 9.59 Å². The van der Waals surface area contributed by atoms with Gasteiger partial charge in [-0.05, 0) is 49.2 Å². The Balaban J connectivity index is 1.63. The number of carbonyl (C=O) groups is 2. The van der Waals surface area contributed by atoms with Crippen molar-refractivity contribution in [1.29, 1.82) is 0 Å². The van der Waals surface area contributed by atoms with Crippen molar-refractivity contribution in [2.24, 2.45) is 0 Å². The number of furan rings is 1. The lowest BCUT2D eigenvalue weighted by Crippen LogP contribution is -2.38. The first-order chi connectivity index (χ1) is 12.6. The van der Waals surface area contributed by atoms with E-state index >= 15 is 0 Å². The van der Waals surface area contributed by atoms with Gasteiger partial charge in [-0.2, -0.15) is 0 Å². The second-order valence-electron chi connectivity index (χ2n) is 6.63. The van der Waals surface area contributed by atoms with E-state index in [2.05, 4.69) is 5.32 Å². The Morgan fingerprint density at radius 2 is 1.96 bits per heavy atom. The Bertz CT molecular complexity index is 774. The molecule has 2 aromatic rings. The third kappa shape index (κ3) is 4.63. The molecule has 1 heterocycles. The fraction of sp³-hybridized carbons (Fsp3) is 0.333. The summed E-state index contributed by atoms with van der Waals surface area (Å²) in [6.07, 6.45) is 10.3. The summed E-state index contributed by atoms with van der Waals surface area (Å²) in [5, 5.41) is 2.78. The van der Waals surface area contributed by atoms with Crippen molar-refractivity contribution < 1.29 is 14.0 Å². The molecule has 0 saturated heterocycles. The number of nitrogens with zero attached hydrogens (tertiary/aromatic N) is 1. The smallest absolute Gasteiger partial charge is 0.253 e. The third-order valence-corrected chi connectivity index (χ3v) is 4.76. The number of benzene rings is 1.